The summed E-state index contributed by atoms with van der Waals surface area (Å²) in [6, 6.07) is 0. The monoisotopic (exact) mass is 280 g/mol. The molecule has 0 amide bonds. The molecule has 1 aromatic heterocycles. The van der Waals surface area contributed by atoms with Crippen molar-refractivity contribution in [1.29, 1.82) is 0 Å². The Labute approximate surface area is 115 Å². The van der Waals surface area contributed by atoms with Gasteiger partial charge in [0, 0.05) is 13.1 Å². The summed E-state index contributed by atoms with van der Waals surface area (Å²) in [6.07, 6.45) is 0.889. The second-order valence-electron chi connectivity index (χ2n) is 5.17. The molecule has 2 atom stereocenters. The Morgan fingerprint density at radius 2 is 2.05 bits per heavy atom. The molecule has 3 heterocycles. The first-order valence-electron chi connectivity index (χ1n) is 6.49. The number of methoxy groups -OCH3 is 2. The van der Waals surface area contributed by atoms with E-state index in [1.807, 2.05) is 4.90 Å². The van der Waals surface area contributed by atoms with Crippen LogP contribution >= 0.6 is 0 Å². The van der Waals surface area contributed by atoms with Crippen molar-refractivity contribution in [2.75, 3.05) is 32.2 Å². The van der Waals surface area contributed by atoms with Crippen LogP contribution in [0.1, 0.15) is 12.1 Å². The van der Waals surface area contributed by atoms with Crippen LogP contribution < -0.4 is 4.90 Å². The number of hydrogen-bond acceptors (Lipinski definition) is 7. The minimum atomic E-state index is -0.538. The summed E-state index contributed by atoms with van der Waals surface area (Å²) in [4.78, 5) is 25.3. The normalized spacial score (nSPS) is 24.0. The standard InChI is InChI=1S/C12H16N4O4/c1-19-11(17)8-3-7-4-9-10(15(5-7)6-8)13-14-16(9)12(18)20-2/h7-8H,3-6H2,1-2H3. The van der Waals surface area contributed by atoms with Crippen molar-refractivity contribution in [1.82, 2.24) is 15.0 Å². The number of ether oxygens (including phenoxy) is 2. The van der Waals surface area contributed by atoms with Gasteiger partial charge in [-0.2, -0.15) is 0 Å². The lowest BCUT2D eigenvalue weighted by Crippen LogP contribution is -2.47. The van der Waals surface area contributed by atoms with Gasteiger partial charge in [0.05, 0.1) is 25.8 Å². The van der Waals surface area contributed by atoms with Crippen LogP contribution in [0.5, 0.6) is 0 Å². The molecular weight excluding hydrogens is 264 g/mol. The Morgan fingerprint density at radius 3 is 2.75 bits per heavy atom. The van der Waals surface area contributed by atoms with E-state index in [0.717, 1.165) is 18.7 Å². The number of nitrogens with zero attached hydrogens (tertiary/aromatic N) is 4. The summed E-state index contributed by atoms with van der Waals surface area (Å²) in [5.74, 6) is 0.626. The van der Waals surface area contributed by atoms with Crippen LogP contribution in [-0.2, 0) is 20.7 Å². The lowest BCUT2D eigenvalue weighted by Gasteiger charge is -2.40. The van der Waals surface area contributed by atoms with Gasteiger partial charge in [-0.15, -0.1) is 9.78 Å². The molecule has 0 saturated carbocycles. The average molecular weight is 280 g/mol. The molecule has 0 aliphatic carbocycles. The fraction of sp³-hybridized carbons (Fsp3) is 0.667. The zero-order chi connectivity index (χ0) is 14.3. The van der Waals surface area contributed by atoms with E-state index in [1.165, 1.54) is 18.9 Å². The molecule has 0 aromatic carbocycles. The molecule has 2 bridgehead atoms. The first-order valence-corrected chi connectivity index (χ1v) is 6.49. The van der Waals surface area contributed by atoms with E-state index in [1.54, 1.807) is 0 Å². The number of carbonyl (C=O) groups is 2. The summed E-state index contributed by atoms with van der Waals surface area (Å²) >= 11 is 0. The van der Waals surface area contributed by atoms with E-state index in [-0.39, 0.29) is 11.9 Å². The van der Waals surface area contributed by atoms with Crippen molar-refractivity contribution >= 4 is 17.9 Å². The van der Waals surface area contributed by atoms with Gasteiger partial charge in [-0.3, -0.25) is 4.79 Å². The van der Waals surface area contributed by atoms with E-state index < -0.39 is 6.09 Å². The van der Waals surface area contributed by atoms with Gasteiger partial charge in [-0.05, 0) is 18.8 Å². The molecule has 2 aliphatic rings. The predicted molar refractivity (Wildman–Crippen MR) is 67.4 cm³/mol. The third-order valence-corrected chi connectivity index (χ3v) is 3.94. The van der Waals surface area contributed by atoms with E-state index in [2.05, 4.69) is 15.0 Å². The first-order chi connectivity index (χ1) is 9.63. The van der Waals surface area contributed by atoms with Crippen molar-refractivity contribution < 1.29 is 19.1 Å². The van der Waals surface area contributed by atoms with Crippen LogP contribution in [0, 0.1) is 11.8 Å². The molecule has 0 radical (unpaired) electrons. The van der Waals surface area contributed by atoms with Crippen LogP contribution in [0.4, 0.5) is 10.6 Å². The Morgan fingerprint density at radius 1 is 1.25 bits per heavy atom. The number of aromatic nitrogens is 3. The number of piperidine rings is 1. The smallest absolute Gasteiger partial charge is 0.436 e. The minimum absolute atomic E-state index is 0.143. The third-order valence-electron chi connectivity index (χ3n) is 3.94. The number of anilines is 1. The molecule has 2 aliphatic heterocycles. The van der Waals surface area contributed by atoms with Gasteiger partial charge in [-0.1, -0.05) is 5.21 Å². The van der Waals surface area contributed by atoms with E-state index in [9.17, 15) is 9.59 Å². The molecule has 1 aromatic rings. The van der Waals surface area contributed by atoms with E-state index >= 15 is 0 Å². The average Bonchev–Trinajstić information content (AvgIpc) is 2.89. The van der Waals surface area contributed by atoms with Crippen LogP contribution in [0.15, 0.2) is 0 Å². The molecule has 1 saturated heterocycles. The number of hydrogen-bond donors (Lipinski definition) is 0. The summed E-state index contributed by atoms with van der Waals surface area (Å²) in [7, 11) is 2.72. The van der Waals surface area contributed by atoms with Crippen LogP contribution in [0.2, 0.25) is 0 Å². The van der Waals surface area contributed by atoms with Crippen molar-refractivity contribution in [3.05, 3.63) is 5.69 Å². The highest BCUT2D eigenvalue weighted by Crippen LogP contribution is 2.35. The molecule has 8 nitrogen and oxygen atoms in total. The fourth-order valence-electron chi connectivity index (χ4n) is 3.09. The highest BCUT2D eigenvalue weighted by atomic mass is 16.5. The maximum Gasteiger partial charge on any atom is 0.436 e. The van der Waals surface area contributed by atoms with Gasteiger partial charge in [0.25, 0.3) is 0 Å². The van der Waals surface area contributed by atoms with E-state index in [4.69, 9.17) is 4.74 Å². The lowest BCUT2D eigenvalue weighted by molar-refractivity contribution is -0.146. The predicted octanol–water partition coefficient (Wildman–Crippen LogP) is 0.0642. The second kappa shape index (κ2) is 4.77. The molecule has 2 unspecified atom stereocenters. The van der Waals surface area contributed by atoms with Crippen LogP contribution in [0.3, 0.4) is 0 Å². The summed E-state index contributed by atoms with van der Waals surface area (Å²) in [5.41, 5.74) is 0.761. The number of carbonyl (C=O) groups excluding carboxylic acids is 2. The van der Waals surface area contributed by atoms with Gasteiger partial charge in [0.1, 0.15) is 0 Å². The van der Waals surface area contributed by atoms with Crippen LogP contribution in [0.25, 0.3) is 0 Å². The Balaban J connectivity index is 1.89. The molecule has 8 heteroatoms. The fourth-order valence-corrected chi connectivity index (χ4v) is 3.09. The van der Waals surface area contributed by atoms with Gasteiger partial charge in [0.2, 0.25) is 0 Å². The molecule has 1 fully saturated rings. The summed E-state index contributed by atoms with van der Waals surface area (Å²) in [5, 5.41) is 7.91. The summed E-state index contributed by atoms with van der Waals surface area (Å²) in [6.45, 7) is 1.39. The van der Waals surface area contributed by atoms with Gasteiger partial charge >= 0.3 is 12.1 Å². The molecular formula is C12H16N4O4. The molecule has 3 rings (SSSR count). The number of rotatable bonds is 1. The van der Waals surface area contributed by atoms with Crippen LogP contribution in [-0.4, -0.2) is 54.4 Å². The number of fused-ring (bicyclic) bond motifs is 4. The van der Waals surface area contributed by atoms with Gasteiger partial charge < -0.3 is 14.4 Å². The SMILES string of the molecule is COC(=O)C1CC2Cc3c(nnn3C(=O)OC)N(C2)C1. The summed E-state index contributed by atoms with van der Waals surface area (Å²) < 4.78 is 10.7. The maximum absolute atomic E-state index is 11.7. The quantitative estimate of drug-likeness (QED) is 0.672. The molecule has 0 spiro atoms. The maximum atomic E-state index is 11.7. The highest BCUT2D eigenvalue weighted by Gasteiger charge is 2.40. The second-order valence-corrected chi connectivity index (χ2v) is 5.17. The van der Waals surface area contributed by atoms with Crippen molar-refractivity contribution in [3.8, 4) is 0 Å². The Kier molecular flexibility index (Phi) is 3.07. The van der Waals surface area contributed by atoms with Crippen molar-refractivity contribution in [2.24, 2.45) is 11.8 Å². The zero-order valence-electron chi connectivity index (χ0n) is 11.4. The van der Waals surface area contributed by atoms with Gasteiger partial charge in [-0.25, -0.2) is 4.79 Å². The van der Waals surface area contributed by atoms with Crippen molar-refractivity contribution in [3.63, 3.8) is 0 Å². The van der Waals surface area contributed by atoms with Gasteiger partial charge in [0.15, 0.2) is 5.82 Å². The minimum Gasteiger partial charge on any atom is -0.469 e. The Bertz CT molecular complexity index is 556. The largest absolute Gasteiger partial charge is 0.469 e. The molecule has 20 heavy (non-hydrogen) atoms. The molecule has 0 N–H and O–H groups in total. The van der Waals surface area contributed by atoms with E-state index in [0.29, 0.717) is 24.7 Å². The zero-order valence-corrected chi connectivity index (χ0v) is 11.4. The topological polar surface area (TPSA) is 86.5 Å². The third kappa shape index (κ3) is 1.91. The molecule has 108 valence electrons. The highest BCUT2D eigenvalue weighted by molar-refractivity contribution is 5.75. The van der Waals surface area contributed by atoms with Crippen molar-refractivity contribution in [2.45, 2.75) is 12.8 Å². The first kappa shape index (κ1) is 12.9. The number of esters is 1. The lowest BCUT2D eigenvalue weighted by atomic mass is 9.83. The Hall–Kier alpha value is -2.12.